The molecule has 2 nitrogen and oxygen atoms in total. The number of rotatable bonds is 8. The van der Waals surface area contributed by atoms with Crippen molar-refractivity contribution in [3.8, 4) is 5.75 Å². The van der Waals surface area contributed by atoms with Gasteiger partial charge in [-0.15, -0.1) is 0 Å². The van der Waals surface area contributed by atoms with E-state index in [2.05, 4.69) is 32.2 Å². The highest BCUT2D eigenvalue weighted by Crippen LogP contribution is 2.31. The van der Waals surface area contributed by atoms with Gasteiger partial charge in [-0.3, -0.25) is 0 Å². The van der Waals surface area contributed by atoms with Crippen molar-refractivity contribution in [2.45, 2.75) is 46.5 Å². The van der Waals surface area contributed by atoms with Crippen molar-refractivity contribution in [2.75, 3.05) is 13.1 Å². The molecule has 0 unspecified atom stereocenters. The predicted molar refractivity (Wildman–Crippen MR) is 78.0 cm³/mol. The van der Waals surface area contributed by atoms with Crippen LogP contribution < -0.4 is 5.32 Å². The highest BCUT2D eigenvalue weighted by Gasteiger charge is 2.26. The Balaban J connectivity index is 2.71. The Morgan fingerprint density at radius 2 is 1.89 bits per heavy atom. The first-order valence-electron chi connectivity index (χ1n) is 7.14. The van der Waals surface area contributed by atoms with E-state index in [0.29, 0.717) is 11.2 Å². The summed E-state index contributed by atoms with van der Waals surface area (Å²) in [5.74, 6) is 0.370. The molecule has 0 bridgehead atoms. The maximum atomic E-state index is 9.55. The van der Waals surface area contributed by atoms with Crippen molar-refractivity contribution >= 4 is 0 Å². The fourth-order valence-corrected chi connectivity index (χ4v) is 2.44. The third kappa shape index (κ3) is 4.34. The molecule has 102 valence electrons. The summed E-state index contributed by atoms with van der Waals surface area (Å²) >= 11 is 0. The van der Waals surface area contributed by atoms with Crippen LogP contribution in [0.3, 0.4) is 0 Å². The minimum absolute atomic E-state index is 0.308. The molecule has 0 amide bonds. The van der Waals surface area contributed by atoms with Crippen molar-refractivity contribution in [2.24, 2.45) is 5.41 Å². The van der Waals surface area contributed by atoms with E-state index in [1.54, 1.807) is 6.07 Å². The summed E-state index contributed by atoms with van der Waals surface area (Å²) in [6.07, 6.45) is 4.53. The SMILES string of the molecule is CCCNCC(CC)(CC)Cc1cccc(O)c1. The molecule has 2 N–H and O–H groups in total. The van der Waals surface area contributed by atoms with E-state index < -0.39 is 0 Å². The Bertz CT molecular complexity index is 345. The molecule has 0 aromatic heterocycles. The van der Waals surface area contributed by atoms with E-state index in [0.717, 1.165) is 32.4 Å². The van der Waals surface area contributed by atoms with E-state index in [4.69, 9.17) is 0 Å². The molecule has 18 heavy (non-hydrogen) atoms. The summed E-state index contributed by atoms with van der Waals surface area (Å²) in [7, 11) is 0. The van der Waals surface area contributed by atoms with Crippen LogP contribution in [0.5, 0.6) is 5.75 Å². The average Bonchev–Trinajstić information content (AvgIpc) is 2.38. The number of phenols is 1. The summed E-state index contributed by atoms with van der Waals surface area (Å²) in [6, 6.07) is 7.66. The molecule has 0 fully saturated rings. The van der Waals surface area contributed by atoms with Crippen LogP contribution in [-0.4, -0.2) is 18.2 Å². The van der Waals surface area contributed by atoms with Crippen molar-refractivity contribution in [3.05, 3.63) is 29.8 Å². The third-order valence-corrected chi connectivity index (χ3v) is 3.92. The van der Waals surface area contributed by atoms with Gasteiger partial charge in [-0.05, 0) is 55.3 Å². The second-order valence-corrected chi connectivity index (χ2v) is 5.23. The van der Waals surface area contributed by atoms with E-state index >= 15 is 0 Å². The third-order valence-electron chi connectivity index (χ3n) is 3.92. The molecule has 0 aliphatic carbocycles. The van der Waals surface area contributed by atoms with Gasteiger partial charge in [0, 0.05) is 6.54 Å². The number of hydrogen-bond acceptors (Lipinski definition) is 2. The fraction of sp³-hybridized carbons (Fsp3) is 0.625. The molecule has 0 saturated carbocycles. The summed E-state index contributed by atoms with van der Waals surface area (Å²) in [5.41, 5.74) is 1.54. The Morgan fingerprint density at radius 1 is 1.17 bits per heavy atom. The molecule has 2 heteroatoms. The molecule has 1 aromatic rings. The summed E-state index contributed by atoms with van der Waals surface area (Å²) in [5, 5.41) is 13.1. The van der Waals surface area contributed by atoms with Gasteiger partial charge in [-0.1, -0.05) is 32.9 Å². The number of benzene rings is 1. The number of phenolic OH excluding ortho intramolecular Hbond substituents is 1. The normalized spacial score (nSPS) is 11.7. The molecule has 1 rings (SSSR count). The first kappa shape index (κ1) is 15.0. The van der Waals surface area contributed by atoms with Crippen LogP contribution in [-0.2, 0) is 6.42 Å². The standard InChI is InChI=1S/C16H27NO/c1-4-10-17-13-16(5-2,6-3)12-14-8-7-9-15(18)11-14/h7-9,11,17-18H,4-6,10,12-13H2,1-3H3. The molecule has 0 heterocycles. The zero-order chi connectivity index (χ0) is 13.4. The molecule has 1 aromatic carbocycles. The lowest BCUT2D eigenvalue weighted by atomic mass is 9.77. The van der Waals surface area contributed by atoms with Crippen LogP contribution in [0.4, 0.5) is 0 Å². The van der Waals surface area contributed by atoms with E-state index in [1.165, 1.54) is 12.0 Å². The lowest BCUT2D eigenvalue weighted by Crippen LogP contribution is -2.35. The van der Waals surface area contributed by atoms with E-state index in [9.17, 15) is 5.11 Å². The van der Waals surface area contributed by atoms with Crippen molar-refractivity contribution in [3.63, 3.8) is 0 Å². The molecule has 0 spiro atoms. The maximum Gasteiger partial charge on any atom is 0.115 e. The molecule has 0 atom stereocenters. The largest absolute Gasteiger partial charge is 0.508 e. The first-order chi connectivity index (χ1) is 8.65. The summed E-state index contributed by atoms with van der Waals surface area (Å²) < 4.78 is 0. The molecule has 0 saturated heterocycles. The number of hydrogen-bond donors (Lipinski definition) is 2. The zero-order valence-electron chi connectivity index (χ0n) is 12.0. The van der Waals surface area contributed by atoms with Crippen LogP contribution in [0.25, 0.3) is 0 Å². The van der Waals surface area contributed by atoms with Crippen molar-refractivity contribution < 1.29 is 5.11 Å². The van der Waals surface area contributed by atoms with Gasteiger partial charge in [0.1, 0.15) is 5.75 Å². The van der Waals surface area contributed by atoms with Gasteiger partial charge in [-0.2, -0.15) is 0 Å². The predicted octanol–water partition coefficient (Wildman–Crippen LogP) is 3.74. The van der Waals surface area contributed by atoms with Crippen molar-refractivity contribution in [1.29, 1.82) is 0 Å². The summed E-state index contributed by atoms with van der Waals surface area (Å²) in [4.78, 5) is 0. The van der Waals surface area contributed by atoms with Gasteiger partial charge in [0.25, 0.3) is 0 Å². The molecule has 0 aliphatic rings. The molecule has 0 radical (unpaired) electrons. The molecular weight excluding hydrogens is 222 g/mol. The Kier molecular flexibility index (Phi) is 6.20. The van der Waals surface area contributed by atoms with E-state index in [-0.39, 0.29) is 0 Å². The van der Waals surface area contributed by atoms with Crippen LogP contribution in [0.15, 0.2) is 24.3 Å². The maximum absolute atomic E-state index is 9.55. The first-order valence-corrected chi connectivity index (χ1v) is 7.14. The highest BCUT2D eigenvalue weighted by molar-refractivity contribution is 5.28. The van der Waals surface area contributed by atoms with Crippen LogP contribution >= 0.6 is 0 Å². The second kappa shape index (κ2) is 7.42. The smallest absolute Gasteiger partial charge is 0.115 e. The minimum atomic E-state index is 0.308. The average molecular weight is 249 g/mol. The molecule has 0 aliphatic heterocycles. The minimum Gasteiger partial charge on any atom is -0.508 e. The summed E-state index contributed by atoms with van der Waals surface area (Å²) in [6.45, 7) is 8.87. The van der Waals surface area contributed by atoms with Gasteiger partial charge >= 0.3 is 0 Å². The van der Waals surface area contributed by atoms with Crippen LogP contribution in [0.2, 0.25) is 0 Å². The van der Waals surface area contributed by atoms with Gasteiger partial charge in [-0.25, -0.2) is 0 Å². The van der Waals surface area contributed by atoms with Gasteiger partial charge < -0.3 is 10.4 Å². The lowest BCUT2D eigenvalue weighted by Gasteiger charge is -2.32. The highest BCUT2D eigenvalue weighted by atomic mass is 16.3. The Hall–Kier alpha value is -1.02. The lowest BCUT2D eigenvalue weighted by molar-refractivity contribution is 0.246. The van der Waals surface area contributed by atoms with Gasteiger partial charge in [0.05, 0.1) is 0 Å². The topological polar surface area (TPSA) is 32.3 Å². The Labute approximate surface area is 111 Å². The quantitative estimate of drug-likeness (QED) is 0.688. The second-order valence-electron chi connectivity index (χ2n) is 5.23. The number of aromatic hydroxyl groups is 1. The van der Waals surface area contributed by atoms with Gasteiger partial charge in [0.15, 0.2) is 0 Å². The van der Waals surface area contributed by atoms with Crippen molar-refractivity contribution in [1.82, 2.24) is 5.32 Å². The fourth-order valence-electron chi connectivity index (χ4n) is 2.44. The number of nitrogens with one attached hydrogen (secondary N) is 1. The van der Waals surface area contributed by atoms with E-state index in [1.807, 2.05) is 12.1 Å². The van der Waals surface area contributed by atoms with Gasteiger partial charge in [0.2, 0.25) is 0 Å². The monoisotopic (exact) mass is 249 g/mol. The van der Waals surface area contributed by atoms with Crippen LogP contribution in [0.1, 0.15) is 45.6 Å². The zero-order valence-corrected chi connectivity index (χ0v) is 12.0. The molecular formula is C16H27NO. The Morgan fingerprint density at radius 3 is 2.44 bits per heavy atom. The van der Waals surface area contributed by atoms with Crippen LogP contribution in [0, 0.1) is 5.41 Å².